The molecule has 1 aromatic rings. The monoisotopic (exact) mass is 207 g/mol. The molecule has 2 heteroatoms. The fourth-order valence-corrected chi connectivity index (χ4v) is 2.36. The molecule has 82 valence electrons. The lowest BCUT2D eigenvalue weighted by Crippen LogP contribution is -2.11. The van der Waals surface area contributed by atoms with Gasteiger partial charge in [-0.05, 0) is 55.5 Å². The number of rotatable bonds is 3. The first-order valence-corrected chi connectivity index (χ1v) is 5.72. The van der Waals surface area contributed by atoms with E-state index in [1.807, 2.05) is 6.07 Å². The van der Waals surface area contributed by atoms with Crippen molar-refractivity contribution in [1.29, 1.82) is 0 Å². The van der Waals surface area contributed by atoms with Crippen molar-refractivity contribution in [3.8, 4) is 0 Å². The summed E-state index contributed by atoms with van der Waals surface area (Å²) in [6, 6.07) is 6.99. The first-order valence-electron chi connectivity index (χ1n) is 5.72. The van der Waals surface area contributed by atoms with E-state index in [0.29, 0.717) is 5.92 Å². The second-order valence-electron chi connectivity index (χ2n) is 4.55. The molecule has 0 radical (unpaired) electrons. The zero-order valence-electron chi connectivity index (χ0n) is 9.17. The third kappa shape index (κ3) is 2.78. The Kier molecular flexibility index (Phi) is 3.37. The van der Waals surface area contributed by atoms with Crippen LogP contribution in [0, 0.1) is 11.7 Å². The van der Waals surface area contributed by atoms with Crippen LogP contribution < -0.4 is 5.32 Å². The molecule has 2 rings (SSSR count). The van der Waals surface area contributed by atoms with Crippen molar-refractivity contribution in [2.45, 2.75) is 25.7 Å². The second kappa shape index (κ2) is 4.75. The third-order valence-corrected chi connectivity index (χ3v) is 3.27. The quantitative estimate of drug-likeness (QED) is 0.803. The highest BCUT2D eigenvalue weighted by Gasteiger charge is 2.18. The Balaban J connectivity index is 1.97. The second-order valence-corrected chi connectivity index (χ2v) is 4.55. The summed E-state index contributed by atoms with van der Waals surface area (Å²) in [4.78, 5) is 0. The van der Waals surface area contributed by atoms with Crippen LogP contribution in [0.5, 0.6) is 0 Å². The molecule has 1 heterocycles. The van der Waals surface area contributed by atoms with Gasteiger partial charge < -0.3 is 5.32 Å². The minimum Gasteiger partial charge on any atom is -0.316 e. The third-order valence-electron chi connectivity index (χ3n) is 3.27. The van der Waals surface area contributed by atoms with Crippen LogP contribution in [0.3, 0.4) is 0 Å². The summed E-state index contributed by atoms with van der Waals surface area (Å²) in [5, 5.41) is 3.37. The number of hydrogen-bond acceptors (Lipinski definition) is 1. The van der Waals surface area contributed by atoms with Gasteiger partial charge in [0.1, 0.15) is 5.82 Å². The summed E-state index contributed by atoms with van der Waals surface area (Å²) in [5.41, 5.74) is 1.13. The molecule has 1 aromatic carbocycles. The van der Waals surface area contributed by atoms with Crippen molar-refractivity contribution in [1.82, 2.24) is 5.32 Å². The van der Waals surface area contributed by atoms with Gasteiger partial charge in [-0.1, -0.05) is 19.1 Å². The highest BCUT2D eigenvalue weighted by Crippen LogP contribution is 2.26. The first-order chi connectivity index (χ1) is 7.25. The maximum Gasteiger partial charge on any atom is 0.123 e. The van der Waals surface area contributed by atoms with Gasteiger partial charge >= 0.3 is 0 Å². The summed E-state index contributed by atoms with van der Waals surface area (Å²) >= 11 is 0. The molecule has 1 saturated heterocycles. The van der Waals surface area contributed by atoms with Gasteiger partial charge in [0.15, 0.2) is 0 Å². The van der Waals surface area contributed by atoms with Crippen LogP contribution in [0.4, 0.5) is 4.39 Å². The number of benzene rings is 1. The van der Waals surface area contributed by atoms with Crippen molar-refractivity contribution >= 4 is 0 Å². The molecule has 0 spiro atoms. The average molecular weight is 207 g/mol. The van der Waals surface area contributed by atoms with Gasteiger partial charge in [0, 0.05) is 0 Å². The molecule has 1 aliphatic rings. The maximum absolute atomic E-state index is 13.0. The molecule has 1 N–H and O–H groups in total. The molecule has 2 atom stereocenters. The predicted molar refractivity (Wildman–Crippen MR) is 60.4 cm³/mol. The van der Waals surface area contributed by atoms with Gasteiger partial charge in [0.2, 0.25) is 0 Å². The largest absolute Gasteiger partial charge is 0.316 e. The Hall–Kier alpha value is -0.890. The normalized spacial score (nSPS) is 22.9. The molecule has 1 aliphatic heterocycles. The van der Waals surface area contributed by atoms with Crippen molar-refractivity contribution in [3.63, 3.8) is 0 Å². The molecule has 0 aromatic heterocycles. The standard InChI is InChI=1S/C13H18FN/c1-10(7-11-5-6-15-9-11)12-3-2-4-13(14)8-12/h2-4,8,10-11,15H,5-7,9H2,1H3. The fraction of sp³-hybridized carbons (Fsp3) is 0.538. The van der Waals surface area contributed by atoms with Crippen LogP contribution in [0.15, 0.2) is 24.3 Å². The smallest absolute Gasteiger partial charge is 0.123 e. The Morgan fingerprint density at radius 3 is 3.07 bits per heavy atom. The Labute approximate surface area is 90.7 Å². The van der Waals surface area contributed by atoms with Crippen LogP contribution in [-0.4, -0.2) is 13.1 Å². The summed E-state index contributed by atoms with van der Waals surface area (Å²) in [5.74, 6) is 1.11. The van der Waals surface area contributed by atoms with Gasteiger partial charge in [-0.3, -0.25) is 0 Å². The van der Waals surface area contributed by atoms with Gasteiger partial charge in [0.25, 0.3) is 0 Å². The lowest BCUT2D eigenvalue weighted by Gasteiger charge is -2.16. The highest BCUT2D eigenvalue weighted by molar-refractivity contribution is 5.20. The molecular weight excluding hydrogens is 189 g/mol. The number of halogens is 1. The van der Waals surface area contributed by atoms with E-state index in [0.717, 1.165) is 31.0 Å². The van der Waals surface area contributed by atoms with Crippen LogP contribution >= 0.6 is 0 Å². The molecular formula is C13H18FN. The minimum absolute atomic E-state index is 0.121. The lowest BCUT2D eigenvalue weighted by atomic mass is 9.90. The molecule has 0 bridgehead atoms. The van der Waals surface area contributed by atoms with Crippen LogP contribution in [0.25, 0.3) is 0 Å². The van der Waals surface area contributed by atoms with E-state index < -0.39 is 0 Å². The van der Waals surface area contributed by atoms with Crippen molar-refractivity contribution in [2.75, 3.05) is 13.1 Å². The van der Waals surface area contributed by atoms with Gasteiger partial charge in [-0.15, -0.1) is 0 Å². The number of hydrogen-bond donors (Lipinski definition) is 1. The van der Waals surface area contributed by atoms with E-state index in [9.17, 15) is 4.39 Å². The molecule has 2 unspecified atom stereocenters. The Morgan fingerprint density at radius 2 is 2.40 bits per heavy atom. The summed E-state index contributed by atoms with van der Waals surface area (Å²) in [6.07, 6.45) is 2.43. The molecule has 0 saturated carbocycles. The highest BCUT2D eigenvalue weighted by atomic mass is 19.1. The van der Waals surface area contributed by atoms with Crippen molar-refractivity contribution in [2.24, 2.45) is 5.92 Å². The van der Waals surface area contributed by atoms with E-state index in [-0.39, 0.29) is 5.82 Å². The molecule has 15 heavy (non-hydrogen) atoms. The number of nitrogens with one attached hydrogen (secondary N) is 1. The van der Waals surface area contributed by atoms with Crippen LogP contribution in [0.1, 0.15) is 31.2 Å². The topological polar surface area (TPSA) is 12.0 Å². The zero-order valence-corrected chi connectivity index (χ0v) is 9.17. The molecule has 1 nitrogen and oxygen atoms in total. The van der Waals surface area contributed by atoms with Crippen molar-refractivity contribution < 1.29 is 4.39 Å². The van der Waals surface area contributed by atoms with Gasteiger partial charge in [-0.25, -0.2) is 4.39 Å². The minimum atomic E-state index is -0.121. The SMILES string of the molecule is CC(CC1CCNC1)c1cccc(F)c1. The Morgan fingerprint density at radius 1 is 1.53 bits per heavy atom. The Bertz CT molecular complexity index is 318. The predicted octanol–water partition coefficient (Wildman–Crippen LogP) is 2.93. The molecule has 0 aliphatic carbocycles. The van der Waals surface area contributed by atoms with E-state index in [1.165, 1.54) is 12.5 Å². The van der Waals surface area contributed by atoms with Crippen molar-refractivity contribution in [3.05, 3.63) is 35.6 Å². The first kappa shape index (κ1) is 10.6. The fourth-order valence-electron chi connectivity index (χ4n) is 2.36. The maximum atomic E-state index is 13.0. The van der Waals surface area contributed by atoms with E-state index in [2.05, 4.69) is 12.2 Å². The summed E-state index contributed by atoms with van der Waals surface area (Å²) in [6.45, 7) is 4.45. The van der Waals surface area contributed by atoms with E-state index in [1.54, 1.807) is 12.1 Å². The molecule has 1 fully saturated rings. The van der Waals surface area contributed by atoms with Crippen LogP contribution in [0.2, 0.25) is 0 Å². The zero-order chi connectivity index (χ0) is 10.7. The lowest BCUT2D eigenvalue weighted by molar-refractivity contribution is 0.482. The molecule has 0 amide bonds. The van der Waals surface area contributed by atoms with E-state index in [4.69, 9.17) is 0 Å². The van der Waals surface area contributed by atoms with E-state index >= 15 is 0 Å². The summed E-state index contributed by atoms with van der Waals surface area (Å²) in [7, 11) is 0. The summed E-state index contributed by atoms with van der Waals surface area (Å²) < 4.78 is 13.0. The average Bonchev–Trinajstić information content (AvgIpc) is 2.70. The van der Waals surface area contributed by atoms with Gasteiger partial charge in [0.05, 0.1) is 0 Å². The van der Waals surface area contributed by atoms with Gasteiger partial charge in [-0.2, -0.15) is 0 Å². The van der Waals surface area contributed by atoms with Crippen LogP contribution in [-0.2, 0) is 0 Å².